The highest BCUT2D eigenvalue weighted by Gasteiger charge is 2.19. The number of carbonyl (C=O) groups excluding carboxylic acids is 1. The minimum atomic E-state index is -0.301. The summed E-state index contributed by atoms with van der Waals surface area (Å²) < 4.78 is 19.3. The smallest absolute Gasteiger partial charge is 0.282 e. The number of allylic oxidation sites excluding steroid dienone is 1. The first-order valence-electron chi connectivity index (χ1n) is 16.5. The van der Waals surface area contributed by atoms with Crippen molar-refractivity contribution in [3.05, 3.63) is 124 Å². The number of ether oxygens (including phenoxy) is 3. The first-order chi connectivity index (χ1) is 23.7. The van der Waals surface area contributed by atoms with Crippen LogP contribution in [0.25, 0.3) is 22.3 Å². The van der Waals surface area contributed by atoms with Crippen molar-refractivity contribution >= 4 is 28.7 Å². The van der Waals surface area contributed by atoms with E-state index in [2.05, 4.69) is 25.7 Å². The molecule has 0 unspecified atom stereocenters. The lowest BCUT2D eigenvalue weighted by Gasteiger charge is -2.18. The van der Waals surface area contributed by atoms with Crippen molar-refractivity contribution in [1.29, 1.82) is 0 Å². The Bertz CT molecular complexity index is 2050. The molecule has 0 aliphatic heterocycles. The van der Waals surface area contributed by atoms with E-state index in [1.54, 1.807) is 24.4 Å². The van der Waals surface area contributed by atoms with Crippen LogP contribution >= 0.6 is 0 Å². The predicted molar refractivity (Wildman–Crippen MR) is 197 cm³/mol. The number of fused-ring (bicyclic) bond motifs is 1. The number of nitrogens with zero attached hydrogens (tertiary/aromatic N) is 3. The summed E-state index contributed by atoms with van der Waals surface area (Å²) >= 11 is 0. The molecule has 0 aliphatic carbocycles. The fourth-order valence-electron chi connectivity index (χ4n) is 5.55. The van der Waals surface area contributed by atoms with Crippen LogP contribution in [0.5, 0.6) is 17.2 Å². The van der Waals surface area contributed by atoms with Gasteiger partial charge in [0.25, 0.3) is 11.5 Å². The van der Waals surface area contributed by atoms with E-state index in [1.165, 1.54) is 4.68 Å². The molecule has 252 valence electrons. The third-order valence-corrected chi connectivity index (χ3v) is 7.82. The van der Waals surface area contributed by atoms with Gasteiger partial charge in [-0.2, -0.15) is 9.78 Å². The Morgan fingerprint density at radius 1 is 0.959 bits per heavy atom. The molecule has 9 heteroatoms. The highest BCUT2D eigenvalue weighted by atomic mass is 16.5. The maximum Gasteiger partial charge on any atom is 0.282 e. The topological polar surface area (TPSA) is 104 Å². The quantitative estimate of drug-likeness (QED) is 0.0961. The van der Waals surface area contributed by atoms with Crippen LogP contribution in [-0.2, 0) is 11.2 Å². The minimum absolute atomic E-state index is 0.176. The van der Waals surface area contributed by atoms with Gasteiger partial charge in [-0.25, -0.2) is 4.98 Å². The summed E-state index contributed by atoms with van der Waals surface area (Å²) in [5, 5.41) is 8.02. The number of nitrogens with one attached hydrogen (secondary N) is 1. The average molecular weight is 659 g/mol. The van der Waals surface area contributed by atoms with Gasteiger partial charge in [0.1, 0.15) is 5.75 Å². The number of hydrogen-bond acceptors (Lipinski definition) is 7. The minimum Gasteiger partial charge on any atom is -0.494 e. The molecule has 4 aromatic carbocycles. The molecule has 0 aliphatic rings. The SMILES string of the molecule is C=CCc1cc(C=Nn2c(-c3cc(C(C)C)c(OCC)cc3C)nc3ccccc3c2=O)cc(OCC)c1OCC(=O)Nc1ccccc1. The summed E-state index contributed by atoms with van der Waals surface area (Å²) in [6, 6.07) is 24.2. The van der Waals surface area contributed by atoms with Crippen molar-refractivity contribution in [3.63, 3.8) is 0 Å². The van der Waals surface area contributed by atoms with Gasteiger partial charge in [-0.05, 0) is 98.3 Å². The van der Waals surface area contributed by atoms with Gasteiger partial charge < -0.3 is 19.5 Å². The predicted octanol–water partition coefficient (Wildman–Crippen LogP) is 7.92. The second kappa shape index (κ2) is 15.9. The molecule has 0 bridgehead atoms. The van der Waals surface area contributed by atoms with Crippen LogP contribution in [0, 0.1) is 6.92 Å². The molecule has 0 saturated heterocycles. The van der Waals surface area contributed by atoms with Crippen LogP contribution in [0.3, 0.4) is 0 Å². The van der Waals surface area contributed by atoms with Crippen molar-refractivity contribution in [1.82, 2.24) is 9.66 Å². The Kier molecular flexibility index (Phi) is 11.3. The van der Waals surface area contributed by atoms with E-state index in [0.717, 1.165) is 28.0 Å². The molecule has 5 aromatic rings. The molecule has 0 atom stereocenters. The summed E-state index contributed by atoms with van der Waals surface area (Å²) in [5.74, 6) is 2.00. The van der Waals surface area contributed by atoms with Gasteiger partial charge in [0.05, 0.1) is 30.3 Å². The van der Waals surface area contributed by atoms with Gasteiger partial charge in [-0.1, -0.05) is 50.3 Å². The highest BCUT2D eigenvalue weighted by molar-refractivity contribution is 5.92. The lowest BCUT2D eigenvalue weighted by atomic mass is 9.96. The maximum atomic E-state index is 14.0. The second-order valence-corrected chi connectivity index (χ2v) is 11.7. The van der Waals surface area contributed by atoms with Gasteiger partial charge in [0.15, 0.2) is 23.9 Å². The number of carbonyl (C=O) groups is 1. The standard InChI is InChI=1S/C40H42N4O5/c1-7-15-29-21-28(22-36(48-9-3)38(29)49-25-37(45)42-30-16-11-10-12-17-30)24-41-44-39(43-34-19-14-13-18-31(34)40(44)46)33-23-32(26(4)5)35(47-8-2)20-27(33)6/h7,10-14,16-24,26H,1,8-9,15,25H2,2-6H3,(H,42,45). The van der Waals surface area contributed by atoms with Gasteiger partial charge in [0, 0.05) is 16.8 Å². The molecule has 1 heterocycles. The number of aryl methyl sites for hydroxylation is 1. The average Bonchev–Trinajstić information content (AvgIpc) is 3.08. The highest BCUT2D eigenvalue weighted by Crippen LogP contribution is 2.35. The Hall–Kier alpha value is -5.70. The maximum absolute atomic E-state index is 14.0. The first kappa shape index (κ1) is 34.6. The van der Waals surface area contributed by atoms with Crippen LogP contribution < -0.4 is 25.1 Å². The molecular formula is C40H42N4O5. The van der Waals surface area contributed by atoms with E-state index in [-0.39, 0.29) is 24.0 Å². The van der Waals surface area contributed by atoms with Crippen LogP contribution in [-0.4, -0.2) is 41.6 Å². The molecule has 5 rings (SSSR count). The number of rotatable bonds is 14. The van der Waals surface area contributed by atoms with E-state index < -0.39 is 0 Å². The Balaban J connectivity index is 1.58. The van der Waals surface area contributed by atoms with Gasteiger partial charge in [-0.15, -0.1) is 6.58 Å². The van der Waals surface area contributed by atoms with Crippen molar-refractivity contribution in [3.8, 4) is 28.6 Å². The molecule has 0 spiro atoms. The fraction of sp³-hybridized carbons (Fsp3) is 0.250. The third kappa shape index (κ3) is 8.06. The lowest BCUT2D eigenvalue weighted by Crippen LogP contribution is -2.21. The number of aromatic nitrogens is 2. The number of amides is 1. The van der Waals surface area contributed by atoms with Crippen LogP contribution in [0.15, 0.2) is 101 Å². The fourth-order valence-corrected chi connectivity index (χ4v) is 5.55. The summed E-state index contributed by atoms with van der Waals surface area (Å²) in [6.45, 7) is 14.6. The van der Waals surface area contributed by atoms with Crippen LogP contribution in [0.2, 0.25) is 0 Å². The largest absolute Gasteiger partial charge is 0.494 e. The van der Waals surface area contributed by atoms with E-state index in [0.29, 0.717) is 59.1 Å². The number of hydrogen-bond donors (Lipinski definition) is 1. The molecule has 1 aromatic heterocycles. The van der Waals surface area contributed by atoms with Gasteiger partial charge in [0.2, 0.25) is 0 Å². The van der Waals surface area contributed by atoms with Crippen molar-refractivity contribution in [2.45, 2.75) is 47.0 Å². The zero-order valence-corrected chi connectivity index (χ0v) is 28.7. The number of benzene rings is 4. The Morgan fingerprint density at radius 2 is 1.67 bits per heavy atom. The molecule has 0 radical (unpaired) electrons. The zero-order chi connectivity index (χ0) is 34.9. The molecule has 1 N–H and O–H groups in total. The molecule has 49 heavy (non-hydrogen) atoms. The molecule has 0 saturated carbocycles. The van der Waals surface area contributed by atoms with Gasteiger partial charge in [-0.3, -0.25) is 9.59 Å². The van der Waals surface area contributed by atoms with Gasteiger partial charge >= 0.3 is 0 Å². The Morgan fingerprint density at radius 3 is 2.39 bits per heavy atom. The molecule has 1 amide bonds. The summed E-state index contributed by atoms with van der Waals surface area (Å²) in [5.41, 5.74) is 5.09. The van der Waals surface area contributed by atoms with E-state index in [1.807, 2.05) is 87.5 Å². The van der Waals surface area contributed by atoms with E-state index in [9.17, 15) is 9.59 Å². The monoisotopic (exact) mass is 658 g/mol. The summed E-state index contributed by atoms with van der Waals surface area (Å²) in [7, 11) is 0. The molecule has 9 nitrogen and oxygen atoms in total. The summed E-state index contributed by atoms with van der Waals surface area (Å²) in [6.07, 6.45) is 3.80. The lowest BCUT2D eigenvalue weighted by molar-refractivity contribution is -0.118. The van der Waals surface area contributed by atoms with E-state index in [4.69, 9.17) is 24.3 Å². The Labute approximate surface area is 286 Å². The first-order valence-corrected chi connectivity index (χ1v) is 16.5. The van der Waals surface area contributed by atoms with Crippen molar-refractivity contribution < 1.29 is 19.0 Å². The van der Waals surface area contributed by atoms with E-state index >= 15 is 0 Å². The second-order valence-electron chi connectivity index (χ2n) is 11.7. The van der Waals surface area contributed by atoms with Crippen LogP contribution in [0.1, 0.15) is 55.9 Å². The summed E-state index contributed by atoms with van der Waals surface area (Å²) in [4.78, 5) is 31.6. The third-order valence-electron chi connectivity index (χ3n) is 7.82. The number of anilines is 1. The van der Waals surface area contributed by atoms with Crippen molar-refractivity contribution in [2.24, 2.45) is 5.10 Å². The molecule has 0 fully saturated rings. The van der Waals surface area contributed by atoms with Crippen molar-refractivity contribution in [2.75, 3.05) is 25.1 Å². The number of para-hydroxylation sites is 2. The zero-order valence-electron chi connectivity index (χ0n) is 28.7. The normalized spacial score (nSPS) is 11.2. The van der Waals surface area contributed by atoms with Crippen LogP contribution in [0.4, 0.5) is 5.69 Å². The molecular weight excluding hydrogens is 616 g/mol.